The number of nitrogen functional groups attached to an aromatic ring is 1. The number of unbranched alkanes of at least 4 members (excludes halogenated alkanes) is 4. The van der Waals surface area contributed by atoms with Crippen LogP contribution in [0.2, 0.25) is 0 Å². The van der Waals surface area contributed by atoms with E-state index in [4.69, 9.17) is 15.2 Å². The molecule has 7 nitrogen and oxygen atoms in total. The lowest BCUT2D eigenvalue weighted by Gasteiger charge is -2.16. The van der Waals surface area contributed by atoms with Crippen LogP contribution < -0.4 is 15.2 Å². The van der Waals surface area contributed by atoms with E-state index in [9.17, 15) is 14.9 Å². The summed E-state index contributed by atoms with van der Waals surface area (Å²) in [6, 6.07) is 25.6. The van der Waals surface area contributed by atoms with Crippen LogP contribution in [0.3, 0.4) is 0 Å². The average Bonchev–Trinajstić information content (AvgIpc) is 3.02. The van der Waals surface area contributed by atoms with Crippen molar-refractivity contribution in [2.24, 2.45) is 0 Å². The van der Waals surface area contributed by atoms with Crippen molar-refractivity contribution in [1.82, 2.24) is 0 Å². The van der Waals surface area contributed by atoms with E-state index in [1.807, 2.05) is 19.1 Å². The Kier molecular flexibility index (Phi) is 11.5. The maximum absolute atomic E-state index is 12.9. The van der Waals surface area contributed by atoms with Gasteiger partial charge in [-0.3, -0.25) is 10.1 Å². The Morgan fingerprint density at radius 3 is 2.02 bits per heavy atom. The van der Waals surface area contributed by atoms with Crippen molar-refractivity contribution in [2.75, 3.05) is 5.73 Å². The number of benzene rings is 4. The molecule has 4 aromatic carbocycles. The van der Waals surface area contributed by atoms with E-state index in [1.54, 1.807) is 36.4 Å². The second-order valence-corrected chi connectivity index (χ2v) is 11.2. The zero-order chi connectivity index (χ0) is 31.5. The van der Waals surface area contributed by atoms with Crippen molar-refractivity contribution >= 4 is 17.3 Å². The SMILES string of the molecule is CCCCCc1ccc(-c2ccc(OC(=O)c3ccc(-c4cc([N+](=O)[O-])c(O[C@H](C)CCCCC)cc4N)cc3)cc2)cc1. The topological polar surface area (TPSA) is 105 Å². The van der Waals surface area contributed by atoms with Gasteiger partial charge in [0.2, 0.25) is 0 Å². The lowest BCUT2D eigenvalue weighted by Crippen LogP contribution is -2.13. The molecule has 230 valence electrons. The van der Waals surface area contributed by atoms with Gasteiger partial charge < -0.3 is 15.2 Å². The van der Waals surface area contributed by atoms with Crippen LogP contribution in [-0.4, -0.2) is 17.0 Å². The van der Waals surface area contributed by atoms with Crippen LogP contribution in [0, 0.1) is 10.1 Å². The normalized spacial score (nSPS) is 11.6. The summed E-state index contributed by atoms with van der Waals surface area (Å²) in [6.07, 6.45) is 8.56. The molecular formula is C37H42N2O5. The highest BCUT2D eigenvalue weighted by Crippen LogP contribution is 2.38. The average molecular weight is 595 g/mol. The molecule has 4 aromatic rings. The number of carbonyl (C=O) groups is 1. The molecule has 0 saturated heterocycles. The van der Waals surface area contributed by atoms with Gasteiger partial charge in [-0.25, -0.2) is 4.79 Å². The molecule has 0 heterocycles. The summed E-state index contributed by atoms with van der Waals surface area (Å²) in [5.41, 5.74) is 11.5. The molecule has 0 bridgehead atoms. The number of nitro groups is 1. The van der Waals surface area contributed by atoms with Gasteiger partial charge in [-0.05, 0) is 79.1 Å². The maximum atomic E-state index is 12.9. The zero-order valence-corrected chi connectivity index (χ0v) is 25.9. The van der Waals surface area contributed by atoms with Crippen LogP contribution in [0.1, 0.15) is 81.6 Å². The number of hydrogen-bond acceptors (Lipinski definition) is 6. The number of esters is 1. The standard InChI is InChI=1S/C37H42N2O5/c1-4-6-8-10-26(3)43-36-25-34(38)33(24-35(36)39(41)42)30-16-18-31(19-17-30)37(40)44-32-22-20-29(21-23-32)28-14-12-27(13-15-28)11-9-7-5-2/h12-26H,4-11,38H2,1-3H3/t26-/m1/s1. The third-order valence-corrected chi connectivity index (χ3v) is 7.72. The van der Waals surface area contributed by atoms with Crippen molar-refractivity contribution in [2.45, 2.75) is 78.2 Å². The molecular weight excluding hydrogens is 552 g/mol. The Balaban J connectivity index is 1.41. The highest BCUT2D eigenvalue weighted by Gasteiger charge is 2.21. The first-order valence-electron chi connectivity index (χ1n) is 15.6. The number of anilines is 1. The Morgan fingerprint density at radius 1 is 0.818 bits per heavy atom. The van der Waals surface area contributed by atoms with E-state index in [2.05, 4.69) is 38.1 Å². The third-order valence-electron chi connectivity index (χ3n) is 7.72. The smallest absolute Gasteiger partial charge is 0.343 e. The van der Waals surface area contributed by atoms with Gasteiger partial charge in [0.1, 0.15) is 5.75 Å². The fourth-order valence-corrected chi connectivity index (χ4v) is 5.14. The van der Waals surface area contributed by atoms with E-state index in [1.165, 1.54) is 37.0 Å². The van der Waals surface area contributed by atoms with E-state index >= 15 is 0 Å². The highest BCUT2D eigenvalue weighted by molar-refractivity contribution is 5.92. The number of nitrogens with zero attached hydrogens (tertiary/aromatic N) is 1. The number of hydrogen-bond donors (Lipinski definition) is 1. The number of nitrogens with two attached hydrogens (primary N) is 1. The molecule has 0 aliphatic carbocycles. The first-order chi connectivity index (χ1) is 21.3. The molecule has 0 aromatic heterocycles. The van der Waals surface area contributed by atoms with Crippen LogP contribution in [0.4, 0.5) is 11.4 Å². The number of ether oxygens (including phenoxy) is 2. The Hall–Kier alpha value is -4.65. The van der Waals surface area contributed by atoms with Gasteiger partial charge in [0, 0.05) is 23.4 Å². The van der Waals surface area contributed by atoms with Gasteiger partial charge in [-0.1, -0.05) is 88.1 Å². The predicted molar refractivity (Wildman–Crippen MR) is 177 cm³/mol. The minimum atomic E-state index is -0.500. The van der Waals surface area contributed by atoms with E-state index < -0.39 is 10.9 Å². The van der Waals surface area contributed by atoms with Crippen molar-refractivity contribution in [1.29, 1.82) is 0 Å². The summed E-state index contributed by atoms with van der Waals surface area (Å²) >= 11 is 0. The Morgan fingerprint density at radius 2 is 1.41 bits per heavy atom. The van der Waals surface area contributed by atoms with Crippen LogP contribution in [0.5, 0.6) is 11.5 Å². The monoisotopic (exact) mass is 594 g/mol. The maximum Gasteiger partial charge on any atom is 0.343 e. The van der Waals surface area contributed by atoms with Crippen molar-refractivity contribution in [3.05, 3.63) is 106 Å². The molecule has 4 rings (SSSR count). The molecule has 0 saturated carbocycles. The predicted octanol–water partition coefficient (Wildman–Crippen LogP) is 9.81. The molecule has 0 radical (unpaired) electrons. The lowest BCUT2D eigenvalue weighted by molar-refractivity contribution is -0.386. The molecule has 0 aliphatic heterocycles. The summed E-state index contributed by atoms with van der Waals surface area (Å²) in [5, 5.41) is 11.9. The third kappa shape index (κ3) is 8.69. The van der Waals surface area contributed by atoms with Crippen molar-refractivity contribution in [3.63, 3.8) is 0 Å². The van der Waals surface area contributed by atoms with Crippen molar-refractivity contribution < 1.29 is 19.2 Å². The van der Waals surface area contributed by atoms with Gasteiger partial charge in [0.25, 0.3) is 0 Å². The number of carbonyl (C=O) groups excluding carboxylic acids is 1. The summed E-state index contributed by atoms with van der Waals surface area (Å²) in [5.74, 6) is 0.102. The molecule has 0 aliphatic rings. The summed E-state index contributed by atoms with van der Waals surface area (Å²) < 4.78 is 11.5. The van der Waals surface area contributed by atoms with Gasteiger partial charge in [0.05, 0.1) is 16.6 Å². The lowest BCUT2D eigenvalue weighted by atomic mass is 10.0. The van der Waals surface area contributed by atoms with E-state index in [-0.39, 0.29) is 17.5 Å². The van der Waals surface area contributed by atoms with E-state index in [0.717, 1.165) is 43.2 Å². The first kappa shape index (κ1) is 32.3. The summed E-state index contributed by atoms with van der Waals surface area (Å²) in [7, 11) is 0. The molecule has 44 heavy (non-hydrogen) atoms. The van der Waals surface area contributed by atoms with E-state index in [0.29, 0.717) is 28.1 Å². The van der Waals surface area contributed by atoms with Gasteiger partial charge in [0.15, 0.2) is 5.75 Å². The fourth-order valence-electron chi connectivity index (χ4n) is 5.14. The van der Waals surface area contributed by atoms with Crippen molar-refractivity contribution in [3.8, 4) is 33.8 Å². The molecule has 1 atom stereocenters. The quantitative estimate of drug-likeness (QED) is 0.0367. The summed E-state index contributed by atoms with van der Waals surface area (Å²) in [4.78, 5) is 24.3. The summed E-state index contributed by atoms with van der Waals surface area (Å²) in [6.45, 7) is 6.24. The van der Waals surface area contributed by atoms with Crippen LogP contribution in [0.25, 0.3) is 22.3 Å². The molecule has 0 fully saturated rings. The van der Waals surface area contributed by atoms with Gasteiger partial charge >= 0.3 is 11.7 Å². The largest absolute Gasteiger partial charge is 0.484 e. The molecule has 0 amide bonds. The molecule has 0 unspecified atom stereocenters. The van der Waals surface area contributed by atoms with Crippen LogP contribution >= 0.6 is 0 Å². The second-order valence-electron chi connectivity index (χ2n) is 11.2. The molecule has 0 spiro atoms. The Bertz CT molecular complexity index is 1530. The van der Waals surface area contributed by atoms with Crippen LogP contribution in [0.15, 0.2) is 84.9 Å². The minimum Gasteiger partial charge on any atom is -0.484 e. The van der Waals surface area contributed by atoms with Gasteiger partial charge in [-0.15, -0.1) is 0 Å². The molecule has 7 heteroatoms. The zero-order valence-electron chi connectivity index (χ0n) is 25.9. The van der Waals surface area contributed by atoms with Gasteiger partial charge in [-0.2, -0.15) is 0 Å². The number of rotatable bonds is 15. The first-order valence-corrected chi connectivity index (χ1v) is 15.6. The highest BCUT2D eigenvalue weighted by atomic mass is 16.6. The van der Waals surface area contributed by atoms with Crippen LogP contribution in [-0.2, 0) is 6.42 Å². The minimum absolute atomic E-state index is 0.147. The fraction of sp³-hybridized carbons (Fsp3) is 0.324. The number of nitro benzene ring substituents is 1. The second kappa shape index (κ2) is 15.7. The number of aryl methyl sites for hydroxylation is 1. The Labute approximate surface area is 260 Å². The molecule has 2 N–H and O–H groups in total.